The van der Waals surface area contributed by atoms with E-state index in [1.54, 1.807) is 12.1 Å². The summed E-state index contributed by atoms with van der Waals surface area (Å²) < 4.78 is 46.6. The molecule has 2 aromatic heterocycles. The second kappa shape index (κ2) is 11.4. The number of rotatable bonds is 9. The number of carbonyl (C=O) groups excluding carboxylic acids is 2. The normalized spacial score (nSPS) is 11.6. The molecule has 5 aromatic rings. The molecule has 0 saturated heterocycles. The van der Waals surface area contributed by atoms with E-state index in [9.17, 15) is 22.8 Å². The highest BCUT2D eigenvalue weighted by molar-refractivity contribution is 5.89. The summed E-state index contributed by atoms with van der Waals surface area (Å²) in [5.41, 5.74) is 2.06. The van der Waals surface area contributed by atoms with Crippen LogP contribution in [0.4, 0.5) is 13.2 Å². The minimum atomic E-state index is -4.70. The van der Waals surface area contributed by atoms with Crippen LogP contribution in [-0.2, 0) is 17.5 Å². The summed E-state index contributed by atoms with van der Waals surface area (Å²) in [7, 11) is 0. The fourth-order valence-electron chi connectivity index (χ4n) is 4.33. The van der Waals surface area contributed by atoms with Crippen LogP contribution in [0.2, 0.25) is 0 Å². The first-order valence-electron chi connectivity index (χ1n) is 12.3. The monoisotopic (exact) mass is 548 g/mol. The van der Waals surface area contributed by atoms with Crippen molar-refractivity contribution < 1.29 is 27.3 Å². The molecule has 2 N–H and O–H groups in total. The fourth-order valence-corrected chi connectivity index (χ4v) is 4.33. The van der Waals surface area contributed by atoms with Crippen LogP contribution in [0.3, 0.4) is 0 Å². The molecular weight excluding hydrogens is 525 g/mol. The largest absolute Gasteiger partial charge is 0.449 e. The number of nitrogens with zero attached hydrogens (tertiary/aromatic N) is 4. The zero-order valence-corrected chi connectivity index (χ0v) is 20.9. The Morgan fingerprint density at radius 1 is 0.825 bits per heavy atom. The number of para-hydroxylation sites is 2. The quantitative estimate of drug-likeness (QED) is 0.267. The number of amides is 2. The number of hydrogen-bond donors (Lipinski definition) is 2. The predicted molar refractivity (Wildman–Crippen MR) is 138 cm³/mol. The molecule has 3 aromatic carbocycles. The van der Waals surface area contributed by atoms with Gasteiger partial charge < -0.3 is 19.7 Å². The van der Waals surface area contributed by atoms with E-state index in [-0.39, 0.29) is 35.9 Å². The highest BCUT2D eigenvalue weighted by Crippen LogP contribution is 2.32. The van der Waals surface area contributed by atoms with Gasteiger partial charge in [0.1, 0.15) is 0 Å². The zero-order valence-electron chi connectivity index (χ0n) is 20.9. The van der Waals surface area contributed by atoms with Crippen molar-refractivity contribution in [2.75, 3.05) is 13.1 Å². The van der Waals surface area contributed by atoms with Crippen molar-refractivity contribution in [2.24, 2.45) is 0 Å². The molecule has 0 unspecified atom stereocenters. The van der Waals surface area contributed by atoms with Gasteiger partial charge in [0.05, 0.1) is 23.5 Å². The van der Waals surface area contributed by atoms with E-state index in [1.807, 2.05) is 60.7 Å². The maximum absolute atomic E-state index is 13.6. The van der Waals surface area contributed by atoms with Crippen molar-refractivity contribution in [2.45, 2.75) is 18.6 Å². The molecule has 2 heterocycles. The second-order valence-electron chi connectivity index (χ2n) is 8.83. The van der Waals surface area contributed by atoms with Crippen LogP contribution in [0.5, 0.6) is 0 Å². The van der Waals surface area contributed by atoms with E-state index in [4.69, 9.17) is 4.52 Å². The first kappa shape index (κ1) is 26.6. The number of aromatic nitrogens is 4. The maximum Gasteiger partial charge on any atom is 0.449 e. The SMILES string of the molecule is O=C(NCCNC(=O)C(c1ccccc1)c1ccccc1)c1nc(Cn2c(C(F)(F)F)nc3ccccc32)no1. The molecule has 0 aliphatic carbocycles. The minimum Gasteiger partial charge on any atom is -0.354 e. The Balaban J connectivity index is 1.20. The highest BCUT2D eigenvalue weighted by Gasteiger charge is 2.38. The van der Waals surface area contributed by atoms with Crippen LogP contribution in [0.25, 0.3) is 11.0 Å². The lowest BCUT2D eigenvalue weighted by molar-refractivity contribution is -0.146. The summed E-state index contributed by atoms with van der Waals surface area (Å²) in [5.74, 6) is -3.13. The first-order chi connectivity index (χ1) is 19.3. The van der Waals surface area contributed by atoms with E-state index >= 15 is 0 Å². The van der Waals surface area contributed by atoms with Crippen LogP contribution < -0.4 is 10.6 Å². The van der Waals surface area contributed by atoms with Crippen LogP contribution in [0.1, 0.15) is 39.4 Å². The topological polar surface area (TPSA) is 115 Å². The third-order valence-electron chi connectivity index (χ3n) is 6.11. The van der Waals surface area contributed by atoms with Gasteiger partial charge in [-0.2, -0.15) is 18.2 Å². The number of carbonyl (C=O) groups is 2. The third-order valence-corrected chi connectivity index (χ3v) is 6.11. The van der Waals surface area contributed by atoms with Crippen LogP contribution >= 0.6 is 0 Å². The highest BCUT2D eigenvalue weighted by atomic mass is 19.4. The van der Waals surface area contributed by atoms with Gasteiger partial charge >= 0.3 is 18.0 Å². The molecule has 0 spiro atoms. The molecule has 40 heavy (non-hydrogen) atoms. The van der Waals surface area contributed by atoms with Gasteiger partial charge in [-0.25, -0.2) is 4.98 Å². The Bertz CT molecular complexity index is 1580. The van der Waals surface area contributed by atoms with Crippen molar-refractivity contribution in [3.8, 4) is 0 Å². The van der Waals surface area contributed by atoms with E-state index < -0.39 is 36.3 Å². The van der Waals surface area contributed by atoms with Gasteiger partial charge in [0.25, 0.3) is 0 Å². The number of fused-ring (bicyclic) bond motifs is 1. The van der Waals surface area contributed by atoms with E-state index in [0.717, 1.165) is 15.7 Å². The lowest BCUT2D eigenvalue weighted by Crippen LogP contribution is -2.37. The molecule has 0 aliphatic rings. The number of hydrogen-bond acceptors (Lipinski definition) is 6. The minimum absolute atomic E-state index is 0.0585. The van der Waals surface area contributed by atoms with Gasteiger partial charge in [-0.15, -0.1) is 0 Å². The van der Waals surface area contributed by atoms with Crippen LogP contribution in [0.15, 0.2) is 89.5 Å². The Morgan fingerprint density at radius 2 is 1.43 bits per heavy atom. The Labute approximate surface area is 226 Å². The number of halogens is 3. The maximum atomic E-state index is 13.6. The predicted octanol–water partition coefficient (Wildman–Crippen LogP) is 4.16. The zero-order chi connectivity index (χ0) is 28.1. The van der Waals surface area contributed by atoms with Gasteiger partial charge in [-0.1, -0.05) is 78.0 Å². The number of imidazole rings is 1. The molecule has 0 radical (unpaired) electrons. The van der Waals surface area contributed by atoms with Crippen molar-refractivity contribution in [3.05, 3.63) is 114 Å². The molecule has 2 amide bonds. The van der Waals surface area contributed by atoms with Gasteiger partial charge in [0.15, 0.2) is 5.82 Å². The van der Waals surface area contributed by atoms with Crippen molar-refractivity contribution >= 4 is 22.8 Å². The van der Waals surface area contributed by atoms with Crippen molar-refractivity contribution in [1.82, 2.24) is 30.3 Å². The van der Waals surface area contributed by atoms with Gasteiger partial charge in [0, 0.05) is 13.1 Å². The lowest BCUT2D eigenvalue weighted by atomic mass is 9.90. The van der Waals surface area contributed by atoms with Gasteiger partial charge in [-0.05, 0) is 23.3 Å². The summed E-state index contributed by atoms with van der Waals surface area (Å²) in [5, 5.41) is 9.04. The van der Waals surface area contributed by atoms with E-state index in [1.165, 1.54) is 12.1 Å². The van der Waals surface area contributed by atoms with Gasteiger partial charge in [-0.3, -0.25) is 9.59 Å². The Morgan fingerprint density at radius 3 is 2.08 bits per heavy atom. The standard InChI is InChI=1S/C28H23F3N6O3/c29-28(30,31)27-34-20-13-7-8-14-21(20)37(27)17-22-35-26(40-36-22)25(39)33-16-15-32-24(38)23(18-9-3-1-4-10-18)19-11-5-2-6-12-19/h1-14,23H,15-17H2,(H,32,38)(H,33,39). The summed E-state index contributed by atoms with van der Waals surface area (Å²) >= 11 is 0. The lowest BCUT2D eigenvalue weighted by Gasteiger charge is -2.18. The average molecular weight is 549 g/mol. The number of benzene rings is 3. The van der Waals surface area contributed by atoms with E-state index in [0.29, 0.717) is 0 Å². The first-order valence-corrected chi connectivity index (χ1v) is 12.3. The summed E-state index contributed by atoms with van der Waals surface area (Å²) in [4.78, 5) is 33.2. The van der Waals surface area contributed by atoms with Crippen molar-refractivity contribution in [1.29, 1.82) is 0 Å². The molecule has 0 fully saturated rings. The molecule has 12 heteroatoms. The van der Waals surface area contributed by atoms with E-state index in [2.05, 4.69) is 25.8 Å². The molecule has 0 saturated carbocycles. The molecule has 5 rings (SSSR count). The molecule has 0 aliphatic heterocycles. The second-order valence-corrected chi connectivity index (χ2v) is 8.83. The van der Waals surface area contributed by atoms with Gasteiger partial charge in [0.2, 0.25) is 11.7 Å². The Kier molecular flexibility index (Phi) is 7.58. The third kappa shape index (κ3) is 5.85. The average Bonchev–Trinajstić information content (AvgIpc) is 3.58. The number of alkyl halides is 3. The molecule has 9 nitrogen and oxygen atoms in total. The smallest absolute Gasteiger partial charge is 0.354 e. The molecular formula is C28H23F3N6O3. The van der Waals surface area contributed by atoms with Crippen LogP contribution in [-0.4, -0.2) is 44.6 Å². The molecule has 0 atom stereocenters. The summed E-state index contributed by atoms with van der Waals surface area (Å²) in [6.45, 7) is -0.219. The Hall–Kier alpha value is -5.00. The fraction of sp³-hybridized carbons (Fsp3) is 0.179. The molecule has 204 valence electrons. The molecule has 0 bridgehead atoms. The summed E-state index contributed by atoms with van der Waals surface area (Å²) in [6, 6.07) is 24.8. The number of nitrogens with one attached hydrogen (secondary N) is 2. The summed E-state index contributed by atoms with van der Waals surface area (Å²) in [6.07, 6.45) is -4.70. The van der Waals surface area contributed by atoms with Crippen LogP contribution in [0, 0.1) is 0 Å². The van der Waals surface area contributed by atoms with Crippen molar-refractivity contribution in [3.63, 3.8) is 0 Å².